The highest BCUT2D eigenvalue weighted by Crippen LogP contribution is 2.10. The van der Waals surface area contributed by atoms with Crippen molar-refractivity contribution in [1.29, 1.82) is 0 Å². The fraction of sp³-hybridized carbons (Fsp3) is 0.222. The third-order valence-corrected chi connectivity index (χ3v) is 2.06. The van der Waals surface area contributed by atoms with Crippen LogP contribution in [0.1, 0.15) is 5.76 Å². The van der Waals surface area contributed by atoms with Crippen LogP contribution < -0.4 is 0 Å². The summed E-state index contributed by atoms with van der Waals surface area (Å²) in [5.74, 6) is 0.285. The van der Waals surface area contributed by atoms with Crippen molar-refractivity contribution in [1.82, 2.24) is 0 Å². The van der Waals surface area contributed by atoms with Gasteiger partial charge in [-0.25, -0.2) is 4.79 Å². The predicted molar refractivity (Wildman–Crippen MR) is 52.5 cm³/mol. The standard InChI is InChI=1S/C9H9BrO3/c1-12-9(11)7(6-10)5-8-3-2-4-13-8/h2-5H,6H2,1H3. The summed E-state index contributed by atoms with van der Waals surface area (Å²) >= 11 is 3.19. The topological polar surface area (TPSA) is 39.4 Å². The number of hydrogen-bond acceptors (Lipinski definition) is 3. The molecule has 0 aromatic carbocycles. The number of halogens is 1. The average molecular weight is 245 g/mol. The lowest BCUT2D eigenvalue weighted by Gasteiger charge is -1.99. The first kappa shape index (κ1) is 10.1. The Morgan fingerprint density at radius 2 is 2.54 bits per heavy atom. The Bertz CT molecular complexity index is 301. The van der Waals surface area contributed by atoms with Crippen molar-refractivity contribution in [2.24, 2.45) is 0 Å². The van der Waals surface area contributed by atoms with Gasteiger partial charge in [0.15, 0.2) is 0 Å². The first-order valence-corrected chi connectivity index (χ1v) is 4.78. The predicted octanol–water partition coefficient (Wildman–Crippen LogP) is 2.23. The molecule has 1 aromatic heterocycles. The van der Waals surface area contributed by atoms with Crippen molar-refractivity contribution in [3.8, 4) is 0 Å². The second kappa shape index (κ2) is 4.87. The van der Waals surface area contributed by atoms with Gasteiger partial charge in [0, 0.05) is 5.33 Å². The number of alkyl halides is 1. The molecule has 0 unspecified atom stereocenters. The molecule has 1 aromatic rings. The van der Waals surface area contributed by atoms with E-state index in [0.717, 1.165) is 0 Å². The number of esters is 1. The van der Waals surface area contributed by atoms with Crippen LogP contribution in [0.25, 0.3) is 6.08 Å². The van der Waals surface area contributed by atoms with Crippen molar-refractivity contribution < 1.29 is 13.9 Å². The Morgan fingerprint density at radius 1 is 1.77 bits per heavy atom. The molecule has 0 aliphatic carbocycles. The molecule has 0 atom stereocenters. The van der Waals surface area contributed by atoms with E-state index < -0.39 is 0 Å². The Balaban J connectivity index is 2.83. The van der Waals surface area contributed by atoms with Crippen LogP contribution in [0.5, 0.6) is 0 Å². The molecule has 0 N–H and O–H groups in total. The minimum atomic E-state index is -0.353. The maximum Gasteiger partial charge on any atom is 0.334 e. The molecule has 0 aliphatic rings. The van der Waals surface area contributed by atoms with E-state index in [2.05, 4.69) is 20.7 Å². The van der Waals surface area contributed by atoms with Gasteiger partial charge in [0.2, 0.25) is 0 Å². The van der Waals surface area contributed by atoms with Crippen LogP contribution in [0.4, 0.5) is 0 Å². The normalized spacial score (nSPS) is 11.4. The van der Waals surface area contributed by atoms with Crippen LogP contribution in [0, 0.1) is 0 Å². The van der Waals surface area contributed by atoms with Crippen LogP contribution in [-0.4, -0.2) is 18.4 Å². The number of methoxy groups -OCH3 is 1. The summed E-state index contributed by atoms with van der Waals surface area (Å²) in [5, 5.41) is 0.445. The highest BCUT2D eigenvalue weighted by atomic mass is 79.9. The zero-order valence-corrected chi connectivity index (χ0v) is 8.71. The molecular weight excluding hydrogens is 236 g/mol. The van der Waals surface area contributed by atoms with E-state index >= 15 is 0 Å². The fourth-order valence-corrected chi connectivity index (χ4v) is 1.22. The Morgan fingerprint density at radius 3 is 3.00 bits per heavy atom. The molecule has 70 valence electrons. The van der Waals surface area contributed by atoms with Crippen LogP contribution in [0.15, 0.2) is 28.4 Å². The molecule has 0 amide bonds. The van der Waals surface area contributed by atoms with Gasteiger partial charge in [-0.2, -0.15) is 0 Å². The minimum Gasteiger partial charge on any atom is -0.466 e. The summed E-state index contributed by atoms with van der Waals surface area (Å²) in [5.41, 5.74) is 0.525. The largest absolute Gasteiger partial charge is 0.466 e. The van der Waals surface area contributed by atoms with E-state index in [1.54, 1.807) is 24.5 Å². The van der Waals surface area contributed by atoms with Gasteiger partial charge in [-0.3, -0.25) is 0 Å². The molecule has 0 saturated carbocycles. The van der Waals surface area contributed by atoms with Gasteiger partial charge in [-0.15, -0.1) is 0 Å². The van der Waals surface area contributed by atoms with Crippen molar-refractivity contribution >= 4 is 28.0 Å². The number of hydrogen-bond donors (Lipinski definition) is 0. The average Bonchev–Trinajstić information content (AvgIpc) is 2.65. The summed E-state index contributed by atoms with van der Waals surface area (Å²) in [6.07, 6.45) is 3.19. The van der Waals surface area contributed by atoms with Crippen LogP contribution in [0.2, 0.25) is 0 Å². The van der Waals surface area contributed by atoms with Gasteiger partial charge < -0.3 is 9.15 Å². The zero-order chi connectivity index (χ0) is 9.68. The molecule has 3 nitrogen and oxygen atoms in total. The number of furan rings is 1. The van der Waals surface area contributed by atoms with E-state index in [1.807, 2.05) is 0 Å². The van der Waals surface area contributed by atoms with Crippen molar-refractivity contribution in [2.75, 3.05) is 12.4 Å². The highest BCUT2D eigenvalue weighted by molar-refractivity contribution is 9.09. The van der Waals surface area contributed by atoms with E-state index in [4.69, 9.17) is 4.42 Å². The summed E-state index contributed by atoms with van der Waals surface area (Å²) in [6.45, 7) is 0. The Kier molecular flexibility index (Phi) is 3.76. The summed E-state index contributed by atoms with van der Waals surface area (Å²) in [6, 6.07) is 3.53. The van der Waals surface area contributed by atoms with E-state index in [1.165, 1.54) is 7.11 Å². The fourth-order valence-electron chi connectivity index (χ4n) is 0.828. The second-order valence-corrected chi connectivity index (χ2v) is 2.87. The lowest BCUT2D eigenvalue weighted by Crippen LogP contribution is -2.05. The van der Waals surface area contributed by atoms with Crippen molar-refractivity contribution in [2.45, 2.75) is 0 Å². The van der Waals surface area contributed by atoms with E-state index in [0.29, 0.717) is 16.7 Å². The number of carbonyl (C=O) groups excluding carboxylic acids is 1. The van der Waals surface area contributed by atoms with Gasteiger partial charge >= 0.3 is 5.97 Å². The Labute approximate surface area is 84.5 Å². The second-order valence-electron chi connectivity index (χ2n) is 2.31. The molecule has 0 fully saturated rings. The van der Waals surface area contributed by atoms with Gasteiger partial charge in [0.05, 0.1) is 18.9 Å². The van der Waals surface area contributed by atoms with Gasteiger partial charge in [-0.1, -0.05) is 15.9 Å². The SMILES string of the molecule is COC(=O)C(=Cc1ccco1)CBr. The first-order chi connectivity index (χ1) is 6.27. The molecule has 1 rings (SSSR count). The lowest BCUT2D eigenvalue weighted by molar-refractivity contribution is -0.135. The van der Waals surface area contributed by atoms with Crippen LogP contribution in [-0.2, 0) is 9.53 Å². The van der Waals surface area contributed by atoms with Gasteiger partial charge in [0.1, 0.15) is 5.76 Å². The first-order valence-electron chi connectivity index (χ1n) is 3.66. The maximum absolute atomic E-state index is 11.1. The van der Waals surface area contributed by atoms with Crippen molar-refractivity contribution in [3.63, 3.8) is 0 Å². The smallest absolute Gasteiger partial charge is 0.334 e. The molecule has 0 bridgehead atoms. The number of ether oxygens (including phenoxy) is 1. The third kappa shape index (κ3) is 2.73. The molecular formula is C9H9BrO3. The highest BCUT2D eigenvalue weighted by Gasteiger charge is 2.08. The van der Waals surface area contributed by atoms with Crippen LogP contribution in [0.3, 0.4) is 0 Å². The van der Waals surface area contributed by atoms with Gasteiger partial charge in [-0.05, 0) is 18.2 Å². The lowest BCUT2D eigenvalue weighted by atomic mass is 10.2. The maximum atomic E-state index is 11.1. The summed E-state index contributed by atoms with van der Waals surface area (Å²) in [4.78, 5) is 11.1. The molecule has 0 aliphatic heterocycles. The molecule has 13 heavy (non-hydrogen) atoms. The summed E-state index contributed by atoms with van der Waals surface area (Å²) in [7, 11) is 1.35. The third-order valence-electron chi connectivity index (χ3n) is 1.45. The van der Waals surface area contributed by atoms with Crippen molar-refractivity contribution in [3.05, 3.63) is 29.7 Å². The molecule has 4 heteroatoms. The molecule has 0 saturated heterocycles. The van der Waals surface area contributed by atoms with Crippen LogP contribution >= 0.6 is 15.9 Å². The molecule has 0 spiro atoms. The molecule has 0 radical (unpaired) electrons. The van der Waals surface area contributed by atoms with E-state index in [-0.39, 0.29) is 5.97 Å². The monoisotopic (exact) mass is 244 g/mol. The quantitative estimate of drug-likeness (QED) is 0.465. The number of carbonyl (C=O) groups is 1. The molecule has 1 heterocycles. The van der Waals surface area contributed by atoms with Gasteiger partial charge in [0.25, 0.3) is 0 Å². The Hall–Kier alpha value is -1.03. The summed E-state index contributed by atoms with van der Waals surface area (Å²) < 4.78 is 9.63. The minimum absolute atomic E-state index is 0.353. The zero-order valence-electron chi connectivity index (χ0n) is 7.12. The van der Waals surface area contributed by atoms with E-state index in [9.17, 15) is 4.79 Å². The number of rotatable bonds is 3.